The number of rotatable bonds is 4. The van der Waals surface area contributed by atoms with Gasteiger partial charge in [-0.05, 0) is 12.1 Å². The quantitative estimate of drug-likeness (QED) is 0.844. The Hall–Kier alpha value is -0.520. The van der Waals surface area contributed by atoms with Gasteiger partial charge < -0.3 is 4.90 Å². The normalized spacial score (nSPS) is 18.1. The largest absolute Gasteiger partial charge is 0.333 e. The van der Waals surface area contributed by atoms with Gasteiger partial charge in [0.2, 0.25) is 0 Å². The van der Waals surface area contributed by atoms with E-state index in [4.69, 9.17) is 0 Å². The third-order valence-corrected chi connectivity index (χ3v) is 5.74. The molecule has 0 amide bonds. The molecule has 1 N–H and O–H groups in total. The van der Waals surface area contributed by atoms with Gasteiger partial charge in [-0.1, -0.05) is 18.2 Å². The van der Waals surface area contributed by atoms with Crippen molar-refractivity contribution in [3.8, 4) is 0 Å². The Bertz CT molecular complexity index is 439. The summed E-state index contributed by atoms with van der Waals surface area (Å²) in [5, 5.41) is 0. The molecule has 0 unspecified atom stereocenters. The molecule has 3 nitrogen and oxygen atoms in total. The molecule has 0 aromatic heterocycles. The Labute approximate surface area is 107 Å². The summed E-state index contributed by atoms with van der Waals surface area (Å²) in [5.74, 6) is 2.57. The number of thioether (sulfide) groups is 1. The summed E-state index contributed by atoms with van der Waals surface area (Å²) >= 11 is 1.96. The zero-order chi connectivity index (χ0) is 12.1. The number of benzene rings is 1. The first-order valence-electron chi connectivity index (χ1n) is 5.87. The van der Waals surface area contributed by atoms with E-state index in [-0.39, 0.29) is 5.75 Å². The molecule has 1 aromatic carbocycles. The van der Waals surface area contributed by atoms with Gasteiger partial charge in [0, 0.05) is 11.5 Å². The van der Waals surface area contributed by atoms with Crippen molar-refractivity contribution in [1.82, 2.24) is 0 Å². The van der Waals surface area contributed by atoms with Crippen molar-refractivity contribution in [3.05, 3.63) is 30.3 Å². The highest BCUT2D eigenvalue weighted by Gasteiger charge is 2.19. The predicted molar refractivity (Wildman–Crippen MR) is 71.4 cm³/mol. The van der Waals surface area contributed by atoms with Gasteiger partial charge in [0.15, 0.2) is 9.84 Å². The predicted octanol–water partition coefficient (Wildman–Crippen LogP) is 0.0920. The van der Waals surface area contributed by atoms with Crippen molar-refractivity contribution in [2.75, 3.05) is 36.9 Å². The van der Waals surface area contributed by atoms with E-state index in [2.05, 4.69) is 0 Å². The second kappa shape index (κ2) is 5.89. The topological polar surface area (TPSA) is 38.6 Å². The lowest BCUT2D eigenvalue weighted by Gasteiger charge is -2.22. The van der Waals surface area contributed by atoms with E-state index in [1.807, 2.05) is 17.8 Å². The summed E-state index contributed by atoms with van der Waals surface area (Å²) in [6.07, 6.45) is 0. The van der Waals surface area contributed by atoms with Crippen LogP contribution in [0.1, 0.15) is 0 Å². The van der Waals surface area contributed by atoms with E-state index in [0.717, 1.165) is 31.1 Å². The summed E-state index contributed by atoms with van der Waals surface area (Å²) in [7, 11) is -3.09. The molecule has 1 aliphatic rings. The lowest BCUT2D eigenvalue weighted by atomic mass is 10.4. The Morgan fingerprint density at radius 2 is 1.76 bits per heavy atom. The van der Waals surface area contributed by atoms with Gasteiger partial charge in [-0.3, -0.25) is 0 Å². The highest BCUT2D eigenvalue weighted by Crippen LogP contribution is 2.09. The molecule has 0 spiro atoms. The molecule has 0 saturated carbocycles. The van der Waals surface area contributed by atoms with Crippen LogP contribution >= 0.6 is 11.8 Å². The first-order valence-corrected chi connectivity index (χ1v) is 8.68. The van der Waals surface area contributed by atoms with E-state index >= 15 is 0 Å². The molecular formula is C12H18NO2S2+. The van der Waals surface area contributed by atoms with Crippen LogP contribution in [0, 0.1) is 0 Å². The minimum atomic E-state index is -3.09. The fourth-order valence-electron chi connectivity index (χ4n) is 1.93. The maximum Gasteiger partial charge on any atom is 0.183 e. The van der Waals surface area contributed by atoms with Crippen LogP contribution in [0.4, 0.5) is 0 Å². The van der Waals surface area contributed by atoms with Crippen molar-refractivity contribution < 1.29 is 13.3 Å². The van der Waals surface area contributed by atoms with Crippen LogP contribution in [-0.4, -0.2) is 45.3 Å². The van der Waals surface area contributed by atoms with E-state index in [1.54, 1.807) is 24.3 Å². The molecule has 0 radical (unpaired) electrons. The maximum atomic E-state index is 12.1. The van der Waals surface area contributed by atoms with E-state index < -0.39 is 9.84 Å². The van der Waals surface area contributed by atoms with E-state index in [9.17, 15) is 8.42 Å². The van der Waals surface area contributed by atoms with Gasteiger partial charge in [0.25, 0.3) is 0 Å². The van der Waals surface area contributed by atoms with Crippen molar-refractivity contribution in [2.24, 2.45) is 0 Å². The highest BCUT2D eigenvalue weighted by molar-refractivity contribution is 7.99. The van der Waals surface area contributed by atoms with Gasteiger partial charge in [-0.15, -0.1) is 0 Å². The average Bonchev–Trinajstić information content (AvgIpc) is 2.39. The van der Waals surface area contributed by atoms with Crippen LogP contribution in [0.5, 0.6) is 0 Å². The molecule has 2 rings (SSSR count). The monoisotopic (exact) mass is 272 g/mol. The Morgan fingerprint density at radius 1 is 1.12 bits per heavy atom. The van der Waals surface area contributed by atoms with Crippen LogP contribution in [0.25, 0.3) is 0 Å². The van der Waals surface area contributed by atoms with Crippen molar-refractivity contribution >= 4 is 21.6 Å². The molecule has 94 valence electrons. The summed E-state index contributed by atoms with van der Waals surface area (Å²) < 4.78 is 24.1. The van der Waals surface area contributed by atoms with Gasteiger partial charge >= 0.3 is 0 Å². The molecular weight excluding hydrogens is 254 g/mol. The summed E-state index contributed by atoms with van der Waals surface area (Å²) in [4.78, 5) is 1.87. The Kier molecular flexibility index (Phi) is 4.48. The number of nitrogens with one attached hydrogen (secondary N) is 1. The molecule has 1 fully saturated rings. The summed E-state index contributed by atoms with van der Waals surface area (Å²) in [6, 6.07) is 8.74. The van der Waals surface area contributed by atoms with Gasteiger partial charge in [0.05, 0.1) is 24.5 Å². The Morgan fingerprint density at radius 3 is 2.41 bits per heavy atom. The van der Waals surface area contributed by atoms with Crippen LogP contribution in [0.3, 0.4) is 0 Å². The van der Waals surface area contributed by atoms with Crippen molar-refractivity contribution in [1.29, 1.82) is 0 Å². The minimum absolute atomic E-state index is 0.261. The fourth-order valence-corrected chi connectivity index (χ4v) is 4.37. The zero-order valence-corrected chi connectivity index (χ0v) is 11.4. The lowest BCUT2D eigenvalue weighted by Crippen LogP contribution is -3.14. The number of sulfone groups is 1. The van der Waals surface area contributed by atoms with E-state index in [0.29, 0.717) is 4.90 Å². The lowest BCUT2D eigenvalue weighted by molar-refractivity contribution is -0.893. The highest BCUT2D eigenvalue weighted by atomic mass is 32.2. The van der Waals surface area contributed by atoms with Gasteiger partial charge in [-0.25, -0.2) is 8.42 Å². The summed E-state index contributed by atoms with van der Waals surface area (Å²) in [6.45, 7) is 2.92. The third kappa shape index (κ3) is 3.72. The van der Waals surface area contributed by atoms with Crippen LogP contribution in [0.15, 0.2) is 35.2 Å². The fraction of sp³-hybridized carbons (Fsp3) is 0.500. The van der Waals surface area contributed by atoms with Crippen LogP contribution < -0.4 is 4.90 Å². The van der Waals surface area contributed by atoms with Crippen LogP contribution in [-0.2, 0) is 9.84 Å². The molecule has 1 aliphatic heterocycles. The van der Waals surface area contributed by atoms with Gasteiger partial charge in [-0.2, -0.15) is 11.8 Å². The molecule has 17 heavy (non-hydrogen) atoms. The Balaban J connectivity index is 1.94. The van der Waals surface area contributed by atoms with Crippen LogP contribution in [0.2, 0.25) is 0 Å². The standard InChI is InChI=1S/C12H17NO2S2/c14-17(15,12-4-2-1-3-5-12)11-8-13-6-9-16-10-7-13/h1-5H,6-11H2/p+1. The third-order valence-electron chi connectivity index (χ3n) is 3.03. The molecule has 1 heterocycles. The number of hydrogen-bond acceptors (Lipinski definition) is 3. The SMILES string of the molecule is O=S(=O)(CC[NH+]1CCSCC1)c1ccccc1. The second-order valence-corrected chi connectivity index (χ2v) is 7.58. The molecule has 1 aromatic rings. The summed E-state index contributed by atoms with van der Waals surface area (Å²) in [5.41, 5.74) is 0. The number of quaternary nitrogens is 1. The molecule has 5 heteroatoms. The first kappa shape index (κ1) is 12.9. The smallest absolute Gasteiger partial charge is 0.183 e. The average molecular weight is 272 g/mol. The number of hydrogen-bond donors (Lipinski definition) is 1. The molecule has 1 saturated heterocycles. The van der Waals surface area contributed by atoms with Gasteiger partial charge in [0.1, 0.15) is 5.75 Å². The molecule has 0 bridgehead atoms. The maximum absolute atomic E-state index is 12.1. The minimum Gasteiger partial charge on any atom is -0.333 e. The second-order valence-electron chi connectivity index (χ2n) is 4.24. The van der Waals surface area contributed by atoms with E-state index in [1.165, 1.54) is 4.90 Å². The molecule has 0 atom stereocenters. The first-order chi connectivity index (χ1) is 8.18. The molecule has 0 aliphatic carbocycles. The zero-order valence-electron chi connectivity index (χ0n) is 9.76. The van der Waals surface area contributed by atoms with Crippen molar-refractivity contribution in [2.45, 2.75) is 4.90 Å². The van der Waals surface area contributed by atoms with Crippen molar-refractivity contribution in [3.63, 3.8) is 0 Å².